The van der Waals surface area contributed by atoms with Gasteiger partial charge in [-0.2, -0.15) is 0 Å². The molecule has 1 saturated heterocycles. The largest absolute Gasteiger partial charge is 0.508 e. The lowest BCUT2D eigenvalue weighted by atomic mass is 9.79. The maximum Gasteiger partial charge on any atom is 0.320 e. The van der Waals surface area contributed by atoms with Crippen molar-refractivity contribution in [3.8, 4) is 5.75 Å². The van der Waals surface area contributed by atoms with E-state index in [-0.39, 0.29) is 6.04 Å². The van der Waals surface area contributed by atoms with Crippen molar-refractivity contribution in [3.05, 3.63) is 29.3 Å². The first kappa shape index (κ1) is 14.4. The highest BCUT2D eigenvalue weighted by molar-refractivity contribution is 5.74. The number of aromatic hydroxyl groups is 1. The molecule has 1 aromatic rings. The van der Waals surface area contributed by atoms with E-state index in [1.165, 1.54) is 19.3 Å². The molecule has 2 atom stereocenters. The summed E-state index contributed by atoms with van der Waals surface area (Å²) < 4.78 is 0. The average Bonchev–Trinajstić information content (AvgIpc) is 2.76. The fourth-order valence-corrected chi connectivity index (χ4v) is 3.68. The van der Waals surface area contributed by atoms with Gasteiger partial charge in [0.25, 0.3) is 0 Å². The summed E-state index contributed by atoms with van der Waals surface area (Å²) >= 11 is 0. The summed E-state index contributed by atoms with van der Waals surface area (Å²) in [5.41, 5.74) is 1.85. The van der Waals surface area contributed by atoms with E-state index in [1.807, 2.05) is 19.1 Å². The number of benzene rings is 1. The SMILES string of the molecule is Cc1ccc(CN2C(C(=O)O)CCC2C2CCC2)cc1O. The van der Waals surface area contributed by atoms with E-state index in [9.17, 15) is 15.0 Å². The van der Waals surface area contributed by atoms with Crippen LogP contribution in [-0.2, 0) is 11.3 Å². The summed E-state index contributed by atoms with van der Waals surface area (Å²) in [6.07, 6.45) is 5.46. The molecule has 3 rings (SSSR count). The minimum Gasteiger partial charge on any atom is -0.508 e. The van der Waals surface area contributed by atoms with Gasteiger partial charge < -0.3 is 10.2 Å². The van der Waals surface area contributed by atoms with Crippen LogP contribution in [0, 0.1) is 12.8 Å². The van der Waals surface area contributed by atoms with Crippen molar-refractivity contribution in [3.63, 3.8) is 0 Å². The van der Waals surface area contributed by atoms with Gasteiger partial charge in [-0.05, 0) is 55.7 Å². The van der Waals surface area contributed by atoms with E-state index in [0.29, 0.717) is 24.3 Å². The predicted molar refractivity (Wildman–Crippen MR) is 80.2 cm³/mol. The second-order valence-corrected chi connectivity index (χ2v) is 6.48. The fourth-order valence-electron chi connectivity index (χ4n) is 3.68. The van der Waals surface area contributed by atoms with Crippen molar-refractivity contribution in [1.29, 1.82) is 0 Å². The normalized spacial score (nSPS) is 26.7. The zero-order valence-corrected chi connectivity index (χ0v) is 12.5. The number of carbonyl (C=O) groups is 1. The summed E-state index contributed by atoms with van der Waals surface area (Å²) in [7, 11) is 0. The predicted octanol–water partition coefficient (Wildman–Crippen LogP) is 2.92. The van der Waals surface area contributed by atoms with Crippen molar-refractivity contribution in [2.45, 2.75) is 57.7 Å². The zero-order valence-electron chi connectivity index (χ0n) is 12.5. The van der Waals surface area contributed by atoms with Gasteiger partial charge in [0, 0.05) is 12.6 Å². The van der Waals surface area contributed by atoms with Gasteiger partial charge in [0.05, 0.1) is 0 Å². The Balaban J connectivity index is 1.80. The molecular formula is C17H23NO3. The molecule has 2 fully saturated rings. The third-order valence-electron chi connectivity index (χ3n) is 5.18. The Morgan fingerprint density at radius 2 is 2.05 bits per heavy atom. The van der Waals surface area contributed by atoms with Crippen molar-refractivity contribution < 1.29 is 15.0 Å². The molecule has 2 N–H and O–H groups in total. The molecular weight excluding hydrogens is 266 g/mol. The molecule has 0 bridgehead atoms. The minimum atomic E-state index is -0.715. The number of carboxylic acid groups (broad SMARTS) is 1. The van der Waals surface area contributed by atoms with Gasteiger partial charge in [-0.3, -0.25) is 9.69 Å². The minimum absolute atomic E-state index is 0.291. The Morgan fingerprint density at radius 1 is 1.29 bits per heavy atom. The fraction of sp³-hybridized carbons (Fsp3) is 0.588. The Morgan fingerprint density at radius 3 is 2.62 bits per heavy atom. The van der Waals surface area contributed by atoms with Gasteiger partial charge in [-0.1, -0.05) is 18.6 Å². The standard InChI is InChI=1S/C17H23NO3/c1-11-5-6-12(9-16(11)19)10-18-14(13-3-2-4-13)7-8-15(18)17(20)21/h5-6,9,13-15,19H,2-4,7-8,10H2,1H3,(H,20,21). The van der Waals surface area contributed by atoms with E-state index in [2.05, 4.69) is 4.90 Å². The maximum absolute atomic E-state index is 11.5. The highest BCUT2D eigenvalue weighted by Gasteiger charge is 2.42. The monoisotopic (exact) mass is 289 g/mol. The van der Waals surface area contributed by atoms with Gasteiger partial charge in [0.1, 0.15) is 11.8 Å². The molecule has 0 radical (unpaired) electrons. The Hall–Kier alpha value is -1.55. The van der Waals surface area contributed by atoms with Gasteiger partial charge in [0.15, 0.2) is 0 Å². The molecule has 1 aliphatic carbocycles. The first-order valence-corrected chi connectivity index (χ1v) is 7.83. The molecule has 0 aromatic heterocycles. The molecule has 0 amide bonds. The number of likely N-dealkylation sites (tertiary alicyclic amines) is 1. The van der Waals surface area contributed by atoms with Gasteiger partial charge >= 0.3 is 5.97 Å². The van der Waals surface area contributed by atoms with Crippen molar-refractivity contribution >= 4 is 5.97 Å². The number of hydrogen-bond acceptors (Lipinski definition) is 3. The molecule has 21 heavy (non-hydrogen) atoms. The highest BCUT2D eigenvalue weighted by atomic mass is 16.4. The molecule has 4 nitrogen and oxygen atoms in total. The van der Waals surface area contributed by atoms with Crippen molar-refractivity contribution in [1.82, 2.24) is 4.90 Å². The number of aliphatic carboxylic acids is 1. The lowest BCUT2D eigenvalue weighted by molar-refractivity contribution is -0.143. The second kappa shape index (κ2) is 5.68. The Kier molecular flexibility index (Phi) is 3.89. The van der Waals surface area contributed by atoms with Crippen LogP contribution in [0.1, 0.15) is 43.2 Å². The van der Waals surface area contributed by atoms with E-state index < -0.39 is 5.97 Å². The van der Waals surface area contributed by atoms with Crippen LogP contribution in [0.15, 0.2) is 18.2 Å². The topological polar surface area (TPSA) is 60.8 Å². The maximum atomic E-state index is 11.5. The van der Waals surface area contributed by atoms with Crippen LogP contribution < -0.4 is 0 Å². The van der Waals surface area contributed by atoms with Crippen LogP contribution >= 0.6 is 0 Å². The van der Waals surface area contributed by atoms with Crippen LogP contribution in [0.4, 0.5) is 0 Å². The second-order valence-electron chi connectivity index (χ2n) is 6.48. The van der Waals surface area contributed by atoms with Crippen LogP contribution in [0.3, 0.4) is 0 Å². The van der Waals surface area contributed by atoms with Crippen molar-refractivity contribution in [2.75, 3.05) is 0 Å². The average molecular weight is 289 g/mol. The Bertz CT molecular complexity index is 539. The van der Waals surface area contributed by atoms with Crippen LogP contribution in [0.5, 0.6) is 5.75 Å². The van der Waals surface area contributed by atoms with E-state index in [0.717, 1.165) is 24.0 Å². The van der Waals surface area contributed by atoms with Gasteiger partial charge in [0.2, 0.25) is 0 Å². The lowest BCUT2D eigenvalue weighted by Gasteiger charge is -2.38. The van der Waals surface area contributed by atoms with Crippen LogP contribution in [0.2, 0.25) is 0 Å². The number of carboxylic acids is 1. The quantitative estimate of drug-likeness (QED) is 0.894. The number of phenols is 1. The molecule has 1 saturated carbocycles. The molecule has 1 aliphatic heterocycles. The third-order valence-corrected chi connectivity index (χ3v) is 5.18. The van der Waals surface area contributed by atoms with E-state index >= 15 is 0 Å². The van der Waals surface area contributed by atoms with Crippen LogP contribution in [0.25, 0.3) is 0 Å². The van der Waals surface area contributed by atoms with E-state index in [1.54, 1.807) is 6.07 Å². The molecule has 4 heteroatoms. The highest BCUT2D eigenvalue weighted by Crippen LogP contribution is 2.40. The summed E-state index contributed by atoms with van der Waals surface area (Å²) in [6, 6.07) is 5.67. The molecule has 1 aromatic carbocycles. The number of aryl methyl sites for hydroxylation is 1. The number of nitrogens with zero attached hydrogens (tertiary/aromatic N) is 1. The number of hydrogen-bond donors (Lipinski definition) is 2. The first-order chi connectivity index (χ1) is 10.1. The number of rotatable bonds is 4. The molecule has 114 valence electrons. The molecule has 0 spiro atoms. The first-order valence-electron chi connectivity index (χ1n) is 7.83. The summed E-state index contributed by atoms with van der Waals surface area (Å²) in [5, 5.41) is 19.3. The van der Waals surface area contributed by atoms with E-state index in [4.69, 9.17) is 0 Å². The summed E-state index contributed by atoms with van der Waals surface area (Å²) in [5.74, 6) is 0.236. The van der Waals surface area contributed by atoms with Gasteiger partial charge in [-0.25, -0.2) is 0 Å². The summed E-state index contributed by atoms with van der Waals surface area (Å²) in [6.45, 7) is 2.48. The zero-order chi connectivity index (χ0) is 15.0. The Labute approximate surface area is 125 Å². The molecule has 2 unspecified atom stereocenters. The van der Waals surface area contributed by atoms with Crippen molar-refractivity contribution in [2.24, 2.45) is 5.92 Å². The van der Waals surface area contributed by atoms with Crippen LogP contribution in [-0.4, -0.2) is 33.2 Å². The molecule has 1 heterocycles. The third kappa shape index (κ3) is 2.77. The summed E-state index contributed by atoms with van der Waals surface area (Å²) in [4.78, 5) is 13.7. The lowest BCUT2D eigenvalue weighted by Crippen LogP contribution is -2.44. The van der Waals surface area contributed by atoms with Gasteiger partial charge in [-0.15, -0.1) is 0 Å². The number of phenolic OH excluding ortho intramolecular Hbond substituents is 1. The smallest absolute Gasteiger partial charge is 0.320 e. The molecule has 2 aliphatic rings.